The minimum absolute atomic E-state index is 0.374. The maximum absolute atomic E-state index is 6.15. The number of furan rings is 1. The molecule has 0 atom stereocenters. The highest BCUT2D eigenvalue weighted by Crippen LogP contribution is 2.56. The van der Waals surface area contributed by atoms with Crippen molar-refractivity contribution in [1.29, 1.82) is 0 Å². The van der Waals surface area contributed by atoms with Crippen molar-refractivity contribution < 1.29 is 4.42 Å². The van der Waals surface area contributed by atoms with Gasteiger partial charge in [-0.15, -0.1) is 0 Å². The van der Waals surface area contributed by atoms with Crippen molar-refractivity contribution in [3.8, 4) is 11.1 Å². The van der Waals surface area contributed by atoms with Gasteiger partial charge >= 0.3 is 0 Å². The second-order valence-electron chi connectivity index (χ2n) is 8.52. The number of hydrogen-bond donors (Lipinski definition) is 0. The monoisotopic (exact) mass is 408 g/mol. The highest BCUT2D eigenvalue weighted by molar-refractivity contribution is 6.05. The zero-order valence-electron chi connectivity index (χ0n) is 17.5. The van der Waals surface area contributed by atoms with Gasteiger partial charge < -0.3 is 4.42 Å². The lowest BCUT2D eigenvalue weighted by Gasteiger charge is -2.33. The first-order valence-corrected chi connectivity index (χ1v) is 11.0. The molecule has 0 amide bonds. The van der Waals surface area contributed by atoms with Crippen LogP contribution in [0.1, 0.15) is 22.3 Å². The van der Waals surface area contributed by atoms with E-state index in [1.54, 1.807) is 0 Å². The number of benzene rings is 5. The standard InChI is InChI=1S/C31H20O/c1-2-10-21(11-3-1)31(27-15-7-4-12-23(27)24-13-5-8-16-28(24)31)22-18-19-30-26(20-22)25-14-6-9-17-29(25)32-30/h1-20H. The molecule has 0 unspecified atom stereocenters. The fourth-order valence-electron chi connectivity index (χ4n) is 5.67. The fourth-order valence-corrected chi connectivity index (χ4v) is 5.67. The van der Waals surface area contributed by atoms with Gasteiger partial charge in [-0.3, -0.25) is 0 Å². The summed E-state index contributed by atoms with van der Waals surface area (Å²) in [6.07, 6.45) is 0. The zero-order valence-corrected chi connectivity index (χ0v) is 17.5. The van der Waals surface area contributed by atoms with Gasteiger partial charge in [-0.25, -0.2) is 0 Å². The van der Waals surface area contributed by atoms with E-state index in [0.29, 0.717) is 0 Å². The first kappa shape index (κ1) is 17.6. The first-order chi connectivity index (χ1) is 15.9. The smallest absolute Gasteiger partial charge is 0.135 e. The van der Waals surface area contributed by atoms with Crippen LogP contribution in [-0.2, 0) is 5.41 Å². The molecule has 1 aliphatic rings. The van der Waals surface area contributed by atoms with Gasteiger partial charge in [-0.2, -0.15) is 0 Å². The summed E-state index contributed by atoms with van der Waals surface area (Å²) in [5.74, 6) is 0. The van der Waals surface area contributed by atoms with E-state index < -0.39 is 0 Å². The number of para-hydroxylation sites is 1. The Balaban J connectivity index is 1.65. The molecule has 0 aliphatic heterocycles. The van der Waals surface area contributed by atoms with Gasteiger partial charge in [-0.1, -0.05) is 103 Å². The summed E-state index contributed by atoms with van der Waals surface area (Å²) in [6, 6.07) is 43.6. The summed E-state index contributed by atoms with van der Waals surface area (Å²) < 4.78 is 6.15. The molecule has 0 saturated carbocycles. The molecule has 1 heterocycles. The van der Waals surface area contributed by atoms with Gasteiger partial charge in [0.15, 0.2) is 0 Å². The fraction of sp³-hybridized carbons (Fsp3) is 0.0323. The maximum Gasteiger partial charge on any atom is 0.135 e. The second-order valence-corrected chi connectivity index (χ2v) is 8.52. The van der Waals surface area contributed by atoms with Crippen LogP contribution < -0.4 is 0 Å². The Bertz CT molecular complexity index is 1580. The van der Waals surface area contributed by atoms with Gasteiger partial charge in [0, 0.05) is 10.8 Å². The average molecular weight is 409 g/mol. The quantitative estimate of drug-likeness (QED) is 0.283. The third kappa shape index (κ3) is 2.18. The van der Waals surface area contributed by atoms with Gasteiger partial charge in [0.2, 0.25) is 0 Å². The van der Waals surface area contributed by atoms with Gasteiger partial charge in [-0.05, 0) is 51.6 Å². The molecule has 1 nitrogen and oxygen atoms in total. The molecular formula is C31H20O. The maximum atomic E-state index is 6.15. The molecular weight excluding hydrogens is 388 g/mol. The van der Waals surface area contributed by atoms with E-state index in [0.717, 1.165) is 21.9 Å². The molecule has 0 fully saturated rings. The Labute approximate surface area is 186 Å². The molecule has 0 radical (unpaired) electrons. The molecule has 0 saturated heterocycles. The first-order valence-electron chi connectivity index (χ1n) is 11.0. The Morgan fingerprint density at radius 1 is 0.438 bits per heavy atom. The van der Waals surface area contributed by atoms with Crippen molar-refractivity contribution in [1.82, 2.24) is 0 Å². The molecule has 0 N–H and O–H groups in total. The molecule has 5 aromatic carbocycles. The van der Waals surface area contributed by atoms with Crippen LogP contribution in [0.25, 0.3) is 33.1 Å². The minimum atomic E-state index is -0.374. The predicted molar refractivity (Wildman–Crippen MR) is 131 cm³/mol. The average Bonchev–Trinajstić information content (AvgIpc) is 3.38. The molecule has 1 aromatic heterocycles. The summed E-state index contributed by atoms with van der Waals surface area (Å²) in [5, 5.41) is 2.32. The van der Waals surface area contributed by atoms with Crippen LogP contribution >= 0.6 is 0 Å². The second kappa shape index (κ2) is 6.45. The number of hydrogen-bond acceptors (Lipinski definition) is 1. The van der Waals surface area contributed by atoms with Gasteiger partial charge in [0.25, 0.3) is 0 Å². The van der Waals surface area contributed by atoms with E-state index >= 15 is 0 Å². The van der Waals surface area contributed by atoms with Crippen LogP contribution in [0, 0.1) is 0 Å². The van der Waals surface area contributed by atoms with E-state index in [1.165, 1.54) is 33.4 Å². The Morgan fingerprint density at radius 3 is 1.78 bits per heavy atom. The largest absolute Gasteiger partial charge is 0.456 e. The van der Waals surface area contributed by atoms with E-state index in [9.17, 15) is 0 Å². The highest BCUT2D eigenvalue weighted by atomic mass is 16.3. The molecule has 150 valence electrons. The predicted octanol–water partition coefficient (Wildman–Crippen LogP) is 7.95. The number of rotatable bonds is 2. The third-order valence-electron chi connectivity index (χ3n) is 6.97. The molecule has 0 bridgehead atoms. The van der Waals surface area contributed by atoms with Crippen molar-refractivity contribution in [3.63, 3.8) is 0 Å². The lowest BCUT2D eigenvalue weighted by Crippen LogP contribution is -2.28. The normalized spacial score (nSPS) is 13.9. The van der Waals surface area contributed by atoms with E-state index in [4.69, 9.17) is 4.42 Å². The Hall–Kier alpha value is -4.10. The SMILES string of the molecule is c1ccc(C2(c3ccc4oc5ccccc5c4c3)c3ccccc3-c3ccccc32)cc1. The minimum Gasteiger partial charge on any atom is -0.456 e. The van der Waals surface area contributed by atoms with Crippen LogP contribution in [0.3, 0.4) is 0 Å². The lowest BCUT2D eigenvalue weighted by molar-refractivity contribution is 0.668. The van der Waals surface area contributed by atoms with Crippen molar-refractivity contribution in [2.24, 2.45) is 0 Å². The molecule has 0 spiro atoms. The Kier molecular flexibility index (Phi) is 3.54. The Morgan fingerprint density at radius 2 is 1.03 bits per heavy atom. The van der Waals surface area contributed by atoms with Crippen LogP contribution in [0.15, 0.2) is 126 Å². The van der Waals surface area contributed by atoms with E-state index in [-0.39, 0.29) is 5.41 Å². The zero-order chi connectivity index (χ0) is 21.1. The van der Waals surface area contributed by atoms with Gasteiger partial charge in [0.05, 0.1) is 5.41 Å². The van der Waals surface area contributed by atoms with Crippen molar-refractivity contribution in [3.05, 3.63) is 144 Å². The summed E-state index contributed by atoms with van der Waals surface area (Å²) in [7, 11) is 0. The summed E-state index contributed by atoms with van der Waals surface area (Å²) >= 11 is 0. The van der Waals surface area contributed by atoms with Crippen molar-refractivity contribution >= 4 is 21.9 Å². The van der Waals surface area contributed by atoms with Crippen LogP contribution in [0.2, 0.25) is 0 Å². The number of fused-ring (bicyclic) bond motifs is 6. The molecule has 1 aliphatic carbocycles. The van der Waals surface area contributed by atoms with Crippen LogP contribution in [0.4, 0.5) is 0 Å². The molecule has 7 rings (SSSR count). The molecule has 6 aromatic rings. The lowest BCUT2D eigenvalue weighted by atomic mass is 9.67. The third-order valence-corrected chi connectivity index (χ3v) is 6.97. The molecule has 1 heteroatoms. The topological polar surface area (TPSA) is 13.1 Å². The van der Waals surface area contributed by atoms with Crippen LogP contribution in [0.5, 0.6) is 0 Å². The van der Waals surface area contributed by atoms with E-state index in [2.05, 4.69) is 109 Å². The summed E-state index contributed by atoms with van der Waals surface area (Å²) in [5.41, 5.74) is 9.32. The highest BCUT2D eigenvalue weighted by Gasteiger charge is 2.45. The van der Waals surface area contributed by atoms with Crippen LogP contribution in [-0.4, -0.2) is 0 Å². The van der Waals surface area contributed by atoms with Gasteiger partial charge in [0.1, 0.15) is 11.2 Å². The molecule has 32 heavy (non-hydrogen) atoms. The van der Waals surface area contributed by atoms with Crippen molar-refractivity contribution in [2.75, 3.05) is 0 Å². The summed E-state index contributed by atoms with van der Waals surface area (Å²) in [6.45, 7) is 0. The van der Waals surface area contributed by atoms with E-state index in [1.807, 2.05) is 12.1 Å². The van der Waals surface area contributed by atoms with Crippen molar-refractivity contribution in [2.45, 2.75) is 5.41 Å². The summed E-state index contributed by atoms with van der Waals surface area (Å²) in [4.78, 5) is 0.